The summed E-state index contributed by atoms with van der Waals surface area (Å²) in [7, 11) is -3.82. The van der Waals surface area contributed by atoms with E-state index in [1.54, 1.807) is 28.9 Å². The van der Waals surface area contributed by atoms with Crippen molar-refractivity contribution in [3.63, 3.8) is 0 Å². The number of sulfonamides is 1. The number of rotatable bonds is 5. The standard InChI is InChI=1S/C26H25N5O2S/c1-17-4-10-20(11-5-17)23-16-24(21-12-6-18(2)7-13-21)31-26(27-23)28-25(29-31)30-34(32,33)22-14-8-19(3)9-15-22/h4-16,24H,1-3H3,(H2,27,28,29,30)/t24-/m1/s1. The van der Waals surface area contributed by atoms with Crippen molar-refractivity contribution in [3.05, 3.63) is 107 Å². The van der Waals surface area contributed by atoms with E-state index < -0.39 is 10.0 Å². The first kappa shape index (κ1) is 21.9. The fraction of sp³-hybridized carbons (Fsp3) is 0.154. The maximum absolute atomic E-state index is 12.9. The van der Waals surface area contributed by atoms with Crippen LogP contribution in [0.3, 0.4) is 0 Å². The number of aryl methyl sites for hydroxylation is 3. The van der Waals surface area contributed by atoms with E-state index in [-0.39, 0.29) is 16.9 Å². The maximum atomic E-state index is 12.9. The maximum Gasteiger partial charge on any atom is 0.264 e. The number of hydrogen-bond acceptors (Lipinski definition) is 5. The Morgan fingerprint density at radius 2 is 1.38 bits per heavy atom. The molecule has 0 saturated carbocycles. The zero-order valence-electron chi connectivity index (χ0n) is 19.1. The Bertz CT molecular complexity index is 1470. The lowest BCUT2D eigenvalue weighted by molar-refractivity contribution is 0.598. The second kappa shape index (κ2) is 8.46. The van der Waals surface area contributed by atoms with E-state index in [1.165, 1.54) is 5.56 Å². The molecule has 172 valence electrons. The smallest absolute Gasteiger partial charge is 0.264 e. The van der Waals surface area contributed by atoms with Crippen LogP contribution in [0.5, 0.6) is 0 Å². The van der Waals surface area contributed by atoms with Gasteiger partial charge in [0, 0.05) is 5.70 Å². The van der Waals surface area contributed by atoms with Gasteiger partial charge < -0.3 is 5.32 Å². The minimum atomic E-state index is -3.82. The molecule has 1 aliphatic rings. The highest BCUT2D eigenvalue weighted by molar-refractivity contribution is 7.92. The first-order chi connectivity index (χ1) is 16.3. The molecular formula is C26H25N5O2S. The molecule has 3 aromatic carbocycles. The van der Waals surface area contributed by atoms with Crippen LogP contribution in [0.15, 0.2) is 83.8 Å². The van der Waals surface area contributed by atoms with E-state index in [4.69, 9.17) is 0 Å². The van der Waals surface area contributed by atoms with Crippen LogP contribution in [0.1, 0.15) is 33.9 Å². The van der Waals surface area contributed by atoms with Gasteiger partial charge in [0.05, 0.1) is 4.90 Å². The van der Waals surface area contributed by atoms with Crippen LogP contribution in [0, 0.1) is 20.8 Å². The van der Waals surface area contributed by atoms with Crippen LogP contribution in [0.4, 0.5) is 11.9 Å². The number of fused-ring (bicyclic) bond motifs is 1. The summed E-state index contributed by atoms with van der Waals surface area (Å²) in [5.41, 5.74) is 6.24. The Hall–Kier alpha value is -3.91. The molecule has 2 N–H and O–H groups in total. The van der Waals surface area contributed by atoms with Crippen LogP contribution in [-0.2, 0) is 10.0 Å². The van der Waals surface area contributed by atoms with Gasteiger partial charge in [-0.15, -0.1) is 5.10 Å². The van der Waals surface area contributed by atoms with Crippen molar-refractivity contribution in [2.24, 2.45) is 0 Å². The quantitative estimate of drug-likeness (QED) is 0.425. The Morgan fingerprint density at radius 1 is 0.824 bits per heavy atom. The molecule has 0 aliphatic carbocycles. The highest BCUT2D eigenvalue weighted by atomic mass is 32.2. The Balaban J connectivity index is 1.53. The summed E-state index contributed by atoms with van der Waals surface area (Å²) in [6.45, 7) is 5.99. The summed E-state index contributed by atoms with van der Waals surface area (Å²) < 4.78 is 30.0. The van der Waals surface area contributed by atoms with Gasteiger partial charge in [0.1, 0.15) is 6.04 Å². The number of nitrogens with one attached hydrogen (secondary N) is 2. The number of allylic oxidation sites excluding steroid dienone is 1. The van der Waals surface area contributed by atoms with E-state index in [9.17, 15) is 8.42 Å². The first-order valence-corrected chi connectivity index (χ1v) is 12.5. The van der Waals surface area contributed by atoms with Crippen LogP contribution < -0.4 is 10.0 Å². The molecule has 0 radical (unpaired) electrons. The third-order valence-corrected chi connectivity index (χ3v) is 7.15. The zero-order chi connectivity index (χ0) is 23.9. The molecule has 0 unspecified atom stereocenters. The normalized spacial score (nSPS) is 15.3. The molecule has 2 heterocycles. The molecule has 0 amide bonds. The molecule has 34 heavy (non-hydrogen) atoms. The fourth-order valence-corrected chi connectivity index (χ4v) is 4.77. The van der Waals surface area contributed by atoms with Crippen molar-refractivity contribution >= 4 is 27.6 Å². The molecule has 0 fully saturated rings. The molecule has 1 atom stereocenters. The van der Waals surface area contributed by atoms with Gasteiger partial charge in [-0.2, -0.15) is 4.98 Å². The summed E-state index contributed by atoms with van der Waals surface area (Å²) in [6, 6.07) is 22.8. The van der Waals surface area contributed by atoms with Crippen LogP contribution >= 0.6 is 0 Å². The third kappa shape index (κ3) is 4.32. The van der Waals surface area contributed by atoms with Gasteiger partial charge in [0.15, 0.2) is 0 Å². The van der Waals surface area contributed by atoms with Gasteiger partial charge in [-0.25, -0.2) is 17.8 Å². The second-order valence-electron chi connectivity index (χ2n) is 8.55. The number of benzene rings is 3. The molecule has 5 rings (SSSR count). The van der Waals surface area contributed by atoms with Crippen molar-refractivity contribution in [1.29, 1.82) is 0 Å². The number of hydrogen-bond donors (Lipinski definition) is 2. The molecule has 1 aromatic heterocycles. The Labute approximate surface area is 199 Å². The van der Waals surface area contributed by atoms with Crippen molar-refractivity contribution in [2.45, 2.75) is 31.7 Å². The van der Waals surface area contributed by atoms with Gasteiger partial charge in [0.2, 0.25) is 5.95 Å². The SMILES string of the molecule is Cc1ccc(C2=C[C@H](c3ccc(C)cc3)n3nc(NS(=O)(=O)c4ccc(C)cc4)nc3N2)cc1. The topological polar surface area (TPSA) is 88.9 Å². The Kier molecular flexibility index (Phi) is 5.45. The average molecular weight is 472 g/mol. The third-order valence-electron chi connectivity index (χ3n) is 5.80. The lowest BCUT2D eigenvalue weighted by Crippen LogP contribution is -2.20. The van der Waals surface area contributed by atoms with Gasteiger partial charge in [-0.05, 0) is 50.1 Å². The summed E-state index contributed by atoms with van der Waals surface area (Å²) >= 11 is 0. The summed E-state index contributed by atoms with van der Waals surface area (Å²) in [4.78, 5) is 4.63. The highest BCUT2D eigenvalue weighted by Gasteiger charge is 2.27. The lowest BCUT2D eigenvalue weighted by atomic mass is 10.0. The van der Waals surface area contributed by atoms with E-state index >= 15 is 0 Å². The first-order valence-electron chi connectivity index (χ1n) is 11.0. The zero-order valence-corrected chi connectivity index (χ0v) is 20.0. The Morgan fingerprint density at radius 3 is 2.00 bits per heavy atom. The summed E-state index contributed by atoms with van der Waals surface area (Å²) in [6.07, 6.45) is 2.08. The monoisotopic (exact) mass is 471 g/mol. The van der Waals surface area contributed by atoms with Crippen molar-refractivity contribution in [1.82, 2.24) is 14.8 Å². The van der Waals surface area contributed by atoms with E-state index in [0.29, 0.717) is 5.95 Å². The molecule has 1 aliphatic heterocycles. The number of nitrogens with zero attached hydrogens (tertiary/aromatic N) is 3. The second-order valence-corrected chi connectivity index (χ2v) is 10.2. The molecule has 4 aromatic rings. The molecular weight excluding hydrogens is 446 g/mol. The molecule has 8 heteroatoms. The van der Waals surface area contributed by atoms with E-state index in [0.717, 1.165) is 28.0 Å². The molecule has 0 spiro atoms. The van der Waals surface area contributed by atoms with Crippen molar-refractivity contribution in [3.8, 4) is 0 Å². The lowest BCUT2D eigenvalue weighted by Gasteiger charge is -2.24. The van der Waals surface area contributed by atoms with E-state index in [2.05, 4.69) is 50.5 Å². The number of aromatic nitrogens is 3. The highest BCUT2D eigenvalue weighted by Crippen LogP contribution is 2.33. The number of anilines is 2. The van der Waals surface area contributed by atoms with Crippen molar-refractivity contribution < 1.29 is 8.42 Å². The minimum absolute atomic E-state index is 0.0127. The van der Waals surface area contributed by atoms with Crippen molar-refractivity contribution in [2.75, 3.05) is 10.0 Å². The van der Waals surface area contributed by atoms with Gasteiger partial charge in [0.25, 0.3) is 16.0 Å². The molecule has 0 bridgehead atoms. The molecule has 0 saturated heterocycles. The van der Waals surface area contributed by atoms with Crippen LogP contribution in [-0.4, -0.2) is 23.2 Å². The predicted octanol–water partition coefficient (Wildman–Crippen LogP) is 5.06. The molecule has 7 nitrogen and oxygen atoms in total. The van der Waals surface area contributed by atoms with Crippen LogP contribution in [0.2, 0.25) is 0 Å². The predicted molar refractivity (Wildman–Crippen MR) is 134 cm³/mol. The van der Waals surface area contributed by atoms with Crippen LogP contribution in [0.25, 0.3) is 5.70 Å². The van der Waals surface area contributed by atoms with Gasteiger partial charge >= 0.3 is 0 Å². The summed E-state index contributed by atoms with van der Waals surface area (Å²) in [5.74, 6) is 0.476. The van der Waals surface area contributed by atoms with E-state index in [1.807, 2.05) is 45.0 Å². The average Bonchev–Trinajstić information content (AvgIpc) is 3.21. The van der Waals surface area contributed by atoms with Gasteiger partial charge in [-0.3, -0.25) is 0 Å². The van der Waals surface area contributed by atoms with Gasteiger partial charge in [-0.1, -0.05) is 77.4 Å². The minimum Gasteiger partial charge on any atom is -0.324 e. The fourth-order valence-electron chi connectivity index (χ4n) is 3.84. The summed E-state index contributed by atoms with van der Waals surface area (Å²) in [5, 5.41) is 7.82. The largest absolute Gasteiger partial charge is 0.324 e.